The van der Waals surface area contributed by atoms with Crippen LogP contribution in [0.15, 0.2) is 24.9 Å². The zero-order chi connectivity index (χ0) is 12.0. The second-order valence-corrected chi connectivity index (χ2v) is 4.32. The predicted molar refractivity (Wildman–Crippen MR) is 70.8 cm³/mol. The molecule has 0 bridgehead atoms. The van der Waals surface area contributed by atoms with Crippen LogP contribution >= 0.6 is 0 Å². The molecule has 1 unspecified atom stereocenters. The molecule has 0 aromatic carbocycles. The minimum atomic E-state index is 0.358. The summed E-state index contributed by atoms with van der Waals surface area (Å²) in [6.45, 7) is 10.5. The molecule has 0 N–H and O–H groups in total. The van der Waals surface area contributed by atoms with Crippen molar-refractivity contribution in [1.82, 2.24) is 4.98 Å². The van der Waals surface area contributed by atoms with Gasteiger partial charge in [0.15, 0.2) is 0 Å². The maximum absolute atomic E-state index is 4.52. The first kappa shape index (κ1) is 13.0. The molecule has 0 fully saturated rings. The van der Waals surface area contributed by atoms with E-state index in [1.54, 1.807) is 0 Å². The molecule has 0 saturated carbocycles. The normalized spacial score (nSPS) is 12.4. The van der Waals surface area contributed by atoms with Gasteiger partial charge in [0.2, 0.25) is 0 Å². The van der Waals surface area contributed by atoms with Crippen LogP contribution in [0, 0.1) is 0 Å². The highest BCUT2D eigenvalue weighted by molar-refractivity contribution is 5.33. The molecule has 1 heteroatoms. The number of unbranched alkanes of at least 4 members (excludes halogenated alkanes) is 1. The highest BCUT2D eigenvalue weighted by atomic mass is 14.7. The van der Waals surface area contributed by atoms with Gasteiger partial charge in [-0.2, -0.15) is 0 Å². The van der Waals surface area contributed by atoms with Crippen molar-refractivity contribution in [3.8, 4) is 0 Å². The third kappa shape index (κ3) is 2.94. The molecule has 0 amide bonds. The van der Waals surface area contributed by atoms with Crippen LogP contribution in [-0.2, 0) is 12.8 Å². The standard InChI is InChI=1S/C15H23N/c1-5-8-9-13-10-11-16-15(12(4)6-2)14(13)7-3/h6,10-12H,2,5,7-9H2,1,3-4H3. The quantitative estimate of drug-likeness (QED) is 0.648. The van der Waals surface area contributed by atoms with Gasteiger partial charge in [-0.05, 0) is 36.5 Å². The average Bonchev–Trinajstić information content (AvgIpc) is 2.34. The van der Waals surface area contributed by atoms with Crippen LogP contribution in [0.5, 0.6) is 0 Å². The van der Waals surface area contributed by atoms with Gasteiger partial charge in [-0.1, -0.05) is 33.3 Å². The van der Waals surface area contributed by atoms with E-state index < -0.39 is 0 Å². The van der Waals surface area contributed by atoms with Crippen molar-refractivity contribution in [2.75, 3.05) is 0 Å². The predicted octanol–water partition coefficient (Wildman–Crippen LogP) is 4.28. The van der Waals surface area contributed by atoms with Gasteiger partial charge in [0.1, 0.15) is 0 Å². The Hall–Kier alpha value is -1.11. The van der Waals surface area contributed by atoms with Crippen molar-refractivity contribution in [3.05, 3.63) is 41.7 Å². The average molecular weight is 217 g/mol. The summed E-state index contributed by atoms with van der Waals surface area (Å²) < 4.78 is 0. The lowest BCUT2D eigenvalue weighted by molar-refractivity contribution is 0.773. The lowest BCUT2D eigenvalue weighted by Gasteiger charge is -2.15. The second kappa shape index (κ2) is 6.47. The molecule has 1 rings (SSSR count). The van der Waals surface area contributed by atoms with E-state index in [2.05, 4.69) is 38.4 Å². The summed E-state index contributed by atoms with van der Waals surface area (Å²) in [5.41, 5.74) is 4.12. The molecule has 16 heavy (non-hydrogen) atoms. The van der Waals surface area contributed by atoms with Crippen LogP contribution in [0.2, 0.25) is 0 Å². The fraction of sp³-hybridized carbons (Fsp3) is 0.533. The number of pyridine rings is 1. The van der Waals surface area contributed by atoms with E-state index in [1.165, 1.54) is 36.1 Å². The van der Waals surface area contributed by atoms with Crippen molar-refractivity contribution in [1.29, 1.82) is 0 Å². The summed E-state index contributed by atoms with van der Waals surface area (Å²) >= 11 is 0. The Morgan fingerprint density at radius 3 is 2.75 bits per heavy atom. The molecule has 1 atom stereocenters. The molecular weight excluding hydrogens is 194 g/mol. The molecule has 1 aromatic heterocycles. The number of aryl methyl sites for hydroxylation is 1. The van der Waals surface area contributed by atoms with Gasteiger partial charge < -0.3 is 0 Å². The summed E-state index contributed by atoms with van der Waals surface area (Å²) in [7, 11) is 0. The van der Waals surface area contributed by atoms with Crippen LogP contribution in [0.1, 0.15) is 56.4 Å². The molecule has 88 valence electrons. The zero-order valence-electron chi connectivity index (χ0n) is 10.8. The Balaban J connectivity index is 3.04. The van der Waals surface area contributed by atoms with Crippen LogP contribution in [0.4, 0.5) is 0 Å². The first-order valence-electron chi connectivity index (χ1n) is 6.33. The fourth-order valence-corrected chi connectivity index (χ4v) is 2.06. The number of nitrogens with zero attached hydrogens (tertiary/aromatic N) is 1. The van der Waals surface area contributed by atoms with Crippen LogP contribution in [-0.4, -0.2) is 4.98 Å². The topological polar surface area (TPSA) is 12.9 Å². The number of allylic oxidation sites excluding steroid dienone is 1. The molecule has 0 aliphatic rings. The van der Waals surface area contributed by atoms with E-state index in [0.717, 1.165) is 6.42 Å². The Kier molecular flexibility index (Phi) is 5.24. The van der Waals surface area contributed by atoms with Gasteiger partial charge in [0.25, 0.3) is 0 Å². The molecule has 0 aliphatic heterocycles. The Labute approximate surface area is 99.6 Å². The second-order valence-electron chi connectivity index (χ2n) is 4.32. The largest absolute Gasteiger partial charge is 0.260 e. The Morgan fingerprint density at radius 2 is 2.19 bits per heavy atom. The zero-order valence-corrected chi connectivity index (χ0v) is 10.8. The van der Waals surface area contributed by atoms with Gasteiger partial charge in [-0.3, -0.25) is 4.98 Å². The third-order valence-corrected chi connectivity index (χ3v) is 3.12. The maximum Gasteiger partial charge on any atom is 0.0503 e. The van der Waals surface area contributed by atoms with Gasteiger partial charge in [-0.15, -0.1) is 6.58 Å². The SMILES string of the molecule is C=CC(C)c1nccc(CCCC)c1CC. The van der Waals surface area contributed by atoms with E-state index in [1.807, 2.05) is 12.3 Å². The Bertz CT molecular complexity index is 341. The van der Waals surface area contributed by atoms with Crippen molar-refractivity contribution >= 4 is 0 Å². The summed E-state index contributed by atoms with van der Waals surface area (Å²) in [6.07, 6.45) is 8.68. The molecule has 0 saturated heterocycles. The molecule has 0 aliphatic carbocycles. The third-order valence-electron chi connectivity index (χ3n) is 3.12. The van der Waals surface area contributed by atoms with Crippen molar-refractivity contribution in [2.45, 2.75) is 52.4 Å². The summed E-state index contributed by atoms with van der Waals surface area (Å²) in [4.78, 5) is 4.52. The first-order chi connectivity index (χ1) is 7.74. The van der Waals surface area contributed by atoms with Gasteiger partial charge in [0, 0.05) is 12.1 Å². The summed E-state index contributed by atoms with van der Waals surface area (Å²) in [5, 5.41) is 0. The van der Waals surface area contributed by atoms with Crippen molar-refractivity contribution in [2.24, 2.45) is 0 Å². The molecule has 1 heterocycles. The van der Waals surface area contributed by atoms with Crippen LogP contribution in [0.3, 0.4) is 0 Å². The number of hydrogen-bond acceptors (Lipinski definition) is 1. The highest BCUT2D eigenvalue weighted by Gasteiger charge is 2.11. The summed E-state index contributed by atoms with van der Waals surface area (Å²) in [5.74, 6) is 0.358. The van der Waals surface area contributed by atoms with E-state index in [0.29, 0.717) is 5.92 Å². The highest BCUT2D eigenvalue weighted by Crippen LogP contribution is 2.23. The molecular formula is C15H23N. The number of aromatic nitrogens is 1. The molecule has 0 radical (unpaired) electrons. The summed E-state index contributed by atoms with van der Waals surface area (Å²) in [6, 6.07) is 2.17. The fourth-order valence-electron chi connectivity index (χ4n) is 2.06. The molecule has 0 spiro atoms. The lowest BCUT2D eigenvalue weighted by atomic mass is 9.94. The van der Waals surface area contributed by atoms with Gasteiger partial charge >= 0.3 is 0 Å². The van der Waals surface area contributed by atoms with E-state index >= 15 is 0 Å². The van der Waals surface area contributed by atoms with E-state index in [-0.39, 0.29) is 0 Å². The van der Waals surface area contributed by atoms with Crippen LogP contribution < -0.4 is 0 Å². The van der Waals surface area contributed by atoms with Crippen molar-refractivity contribution < 1.29 is 0 Å². The maximum atomic E-state index is 4.52. The van der Waals surface area contributed by atoms with E-state index in [9.17, 15) is 0 Å². The number of rotatable bonds is 6. The minimum absolute atomic E-state index is 0.358. The number of hydrogen-bond donors (Lipinski definition) is 0. The Morgan fingerprint density at radius 1 is 1.44 bits per heavy atom. The van der Waals surface area contributed by atoms with Gasteiger partial charge in [-0.25, -0.2) is 0 Å². The van der Waals surface area contributed by atoms with Crippen LogP contribution in [0.25, 0.3) is 0 Å². The van der Waals surface area contributed by atoms with E-state index in [4.69, 9.17) is 0 Å². The lowest BCUT2D eigenvalue weighted by Crippen LogP contribution is -2.04. The molecule has 1 aromatic rings. The smallest absolute Gasteiger partial charge is 0.0503 e. The van der Waals surface area contributed by atoms with Gasteiger partial charge in [0.05, 0.1) is 5.69 Å². The monoisotopic (exact) mass is 217 g/mol. The first-order valence-corrected chi connectivity index (χ1v) is 6.33. The molecule has 1 nitrogen and oxygen atoms in total. The minimum Gasteiger partial charge on any atom is -0.260 e. The van der Waals surface area contributed by atoms with Crippen molar-refractivity contribution in [3.63, 3.8) is 0 Å².